The fraction of sp³-hybridized carbons (Fsp3) is 0.0217. The molecule has 0 amide bonds. The molecule has 8 aromatic rings. The van der Waals surface area contributed by atoms with Gasteiger partial charge in [-0.05, 0) is 50.6 Å². The predicted molar refractivity (Wildman–Crippen MR) is 199 cm³/mol. The lowest BCUT2D eigenvalue weighted by atomic mass is 9.67. The summed E-state index contributed by atoms with van der Waals surface area (Å²) in [6.07, 6.45) is 0. The molecular formula is C46H31N3. The molecule has 3 heteroatoms. The second kappa shape index (κ2) is 12.0. The van der Waals surface area contributed by atoms with Gasteiger partial charge >= 0.3 is 0 Å². The molecule has 7 aromatic carbocycles. The van der Waals surface area contributed by atoms with E-state index >= 15 is 0 Å². The average Bonchev–Trinajstić information content (AvgIpc) is 3.50. The van der Waals surface area contributed by atoms with Crippen LogP contribution in [0, 0.1) is 0 Å². The van der Waals surface area contributed by atoms with Gasteiger partial charge in [0.05, 0.1) is 5.41 Å². The fourth-order valence-corrected chi connectivity index (χ4v) is 7.46. The zero-order valence-electron chi connectivity index (χ0n) is 26.7. The summed E-state index contributed by atoms with van der Waals surface area (Å²) in [5.74, 6) is 1.95. The molecule has 1 aliphatic carbocycles. The van der Waals surface area contributed by atoms with Gasteiger partial charge in [0.25, 0.3) is 0 Å². The minimum atomic E-state index is -0.564. The molecule has 0 fully saturated rings. The predicted octanol–water partition coefficient (Wildman–Crippen LogP) is 10.9. The van der Waals surface area contributed by atoms with Crippen LogP contribution in [0.4, 0.5) is 0 Å². The summed E-state index contributed by atoms with van der Waals surface area (Å²) in [6, 6.07) is 66.4. The van der Waals surface area contributed by atoms with Crippen molar-refractivity contribution in [3.05, 3.63) is 210 Å². The van der Waals surface area contributed by atoms with E-state index < -0.39 is 5.41 Å². The van der Waals surface area contributed by atoms with Crippen LogP contribution in [-0.4, -0.2) is 15.0 Å². The van der Waals surface area contributed by atoms with E-state index in [9.17, 15) is 0 Å². The molecule has 0 N–H and O–H groups in total. The summed E-state index contributed by atoms with van der Waals surface area (Å²) < 4.78 is 0. The first-order valence-corrected chi connectivity index (χ1v) is 16.6. The lowest BCUT2D eigenvalue weighted by molar-refractivity contribution is 0.769. The molecule has 0 aliphatic heterocycles. The molecule has 0 radical (unpaired) electrons. The topological polar surface area (TPSA) is 38.7 Å². The second-order valence-electron chi connectivity index (χ2n) is 12.4. The first-order valence-electron chi connectivity index (χ1n) is 16.6. The molecule has 3 nitrogen and oxygen atoms in total. The normalized spacial score (nSPS) is 12.7. The Morgan fingerprint density at radius 3 is 1.31 bits per heavy atom. The standard InChI is InChI=1S/C46H31N3/c1-6-17-32(18-7-1)35-29-30-38-41(31-35)46(36-23-12-4-13-24-36,37-25-14-5-15-26-37)40-28-16-27-39(42(38)40)45-48-43(33-19-8-2-9-20-33)47-44(49-45)34-21-10-3-11-22-34/h1-31H. The molecule has 1 heterocycles. The lowest BCUT2D eigenvalue weighted by Crippen LogP contribution is -2.28. The van der Waals surface area contributed by atoms with E-state index in [0.29, 0.717) is 17.5 Å². The minimum absolute atomic E-state index is 0.564. The van der Waals surface area contributed by atoms with Gasteiger partial charge in [0.1, 0.15) is 0 Å². The molecule has 49 heavy (non-hydrogen) atoms. The van der Waals surface area contributed by atoms with Crippen molar-refractivity contribution in [1.82, 2.24) is 15.0 Å². The highest BCUT2D eigenvalue weighted by Gasteiger charge is 2.47. The van der Waals surface area contributed by atoms with E-state index in [1.54, 1.807) is 0 Å². The largest absolute Gasteiger partial charge is 0.208 e. The number of nitrogens with zero attached hydrogens (tertiary/aromatic N) is 3. The third-order valence-electron chi connectivity index (χ3n) is 9.62. The van der Waals surface area contributed by atoms with Crippen molar-refractivity contribution in [3.63, 3.8) is 0 Å². The Bertz CT molecular complexity index is 2310. The van der Waals surface area contributed by atoms with Crippen molar-refractivity contribution >= 4 is 0 Å². The van der Waals surface area contributed by atoms with Crippen LogP contribution in [0.3, 0.4) is 0 Å². The highest BCUT2D eigenvalue weighted by Crippen LogP contribution is 2.58. The van der Waals surface area contributed by atoms with Crippen LogP contribution in [0.25, 0.3) is 56.4 Å². The maximum Gasteiger partial charge on any atom is 0.164 e. The van der Waals surface area contributed by atoms with Gasteiger partial charge in [0, 0.05) is 16.7 Å². The molecule has 0 atom stereocenters. The van der Waals surface area contributed by atoms with Crippen LogP contribution in [0.2, 0.25) is 0 Å². The van der Waals surface area contributed by atoms with Gasteiger partial charge in [-0.1, -0.05) is 182 Å². The highest BCUT2D eigenvalue weighted by molar-refractivity contribution is 5.95. The quantitative estimate of drug-likeness (QED) is 0.185. The van der Waals surface area contributed by atoms with Crippen molar-refractivity contribution in [1.29, 1.82) is 0 Å². The molecule has 1 aromatic heterocycles. The number of fused-ring (bicyclic) bond motifs is 3. The van der Waals surface area contributed by atoms with E-state index in [1.165, 1.54) is 38.9 Å². The van der Waals surface area contributed by atoms with Gasteiger partial charge in [0.2, 0.25) is 0 Å². The van der Waals surface area contributed by atoms with Crippen molar-refractivity contribution in [3.8, 4) is 56.4 Å². The molecule has 230 valence electrons. The van der Waals surface area contributed by atoms with Crippen molar-refractivity contribution in [2.75, 3.05) is 0 Å². The Morgan fingerprint density at radius 2 is 0.776 bits per heavy atom. The Morgan fingerprint density at radius 1 is 0.306 bits per heavy atom. The third kappa shape index (κ3) is 4.78. The van der Waals surface area contributed by atoms with Crippen LogP contribution in [-0.2, 0) is 5.41 Å². The zero-order valence-corrected chi connectivity index (χ0v) is 26.7. The van der Waals surface area contributed by atoms with Gasteiger partial charge in [-0.2, -0.15) is 0 Å². The van der Waals surface area contributed by atoms with Crippen LogP contribution in [0.15, 0.2) is 188 Å². The Balaban J connectivity index is 1.37. The highest BCUT2D eigenvalue weighted by atomic mass is 15.0. The Kier molecular flexibility index (Phi) is 7.02. The molecule has 0 saturated heterocycles. The zero-order chi connectivity index (χ0) is 32.6. The number of rotatable bonds is 6. The summed E-state index contributed by atoms with van der Waals surface area (Å²) in [5.41, 5.74) is 11.9. The molecular weight excluding hydrogens is 595 g/mol. The Labute approximate surface area is 286 Å². The molecule has 0 spiro atoms. The van der Waals surface area contributed by atoms with E-state index in [1.807, 2.05) is 36.4 Å². The van der Waals surface area contributed by atoms with Crippen molar-refractivity contribution in [2.45, 2.75) is 5.41 Å². The molecule has 0 saturated carbocycles. The summed E-state index contributed by atoms with van der Waals surface area (Å²) in [5, 5.41) is 0. The summed E-state index contributed by atoms with van der Waals surface area (Å²) >= 11 is 0. The summed E-state index contributed by atoms with van der Waals surface area (Å²) in [6.45, 7) is 0. The first-order chi connectivity index (χ1) is 24.3. The molecule has 0 unspecified atom stereocenters. The summed E-state index contributed by atoms with van der Waals surface area (Å²) in [4.78, 5) is 15.4. The SMILES string of the molecule is c1ccc(-c2ccc3c(c2)C(c2ccccc2)(c2ccccc2)c2cccc(-c4nc(-c5ccccc5)nc(-c5ccccc5)n4)c2-3)cc1. The van der Waals surface area contributed by atoms with Gasteiger partial charge in [-0.25, -0.2) is 15.0 Å². The summed E-state index contributed by atoms with van der Waals surface area (Å²) in [7, 11) is 0. The fourth-order valence-electron chi connectivity index (χ4n) is 7.46. The van der Waals surface area contributed by atoms with Crippen LogP contribution in [0.1, 0.15) is 22.3 Å². The smallest absolute Gasteiger partial charge is 0.164 e. The van der Waals surface area contributed by atoms with E-state index in [2.05, 4.69) is 152 Å². The number of hydrogen-bond donors (Lipinski definition) is 0. The maximum atomic E-state index is 5.19. The van der Waals surface area contributed by atoms with Gasteiger partial charge < -0.3 is 0 Å². The first kappa shape index (κ1) is 28.7. The minimum Gasteiger partial charge on any atom is -0.208 e. The number of benzene rings is 7. The number of aromatic nitrogens is 3. The van der Waals surface area contributed by atoms with Gasteiger partial charge in [-0.15, -0.1) is 0 Å². The second-order valence-corrected chi connectivity index (χ2v) is 12.4. The van der Waals surface area contributed by atoms with Crippen LogP contribution in [0.5, 0.6) is 0 Å². The Hall–Kier alpha value is -6.45. The van der Waals surface area contributed by atoms with Gasteiger partial charge in [-0.3, -0.25) is 0 Å². The molecule has 9 rings (SSSR count). The van der Waals surface area contributed by atoms with Crippen LogP contribution >= 0.6 is 0 Å². The molecule has 0 bridgehead atoms. The van der Waals surface area contributed by atoms with E-state index in [4.69, 9.17) is 15.0 Å². The number of hydrogen-bond acceptors (Lipinski definition) is 3. The van der Waals surface area contributed by atoms with E-state index in [0.717, 1.165) is 22.3 Å². The van der Waals surface area contributed by atoms with Crippen molar-refractivity contribution in [2.24, 2.45) is 0 Å². The molecule has 1 aliphatic rings. The lowest BCUT2D eigenvalue weighted by Gasteiger charge is -2.34. The average molecular weight is 626 g/mol. The van der Waals surface area contributed by atoms with Gasteiger partial charge in [0.15, 0.2) is 17.5 Å². The maximum absolute atomic E-state index is 5.19. The third-order valence-corrected chi connectivity index (χ3v) is 9.62. The monoisotopic (exact) mass is 625 g/mol. The van der Waals surface area contributed by atoms with E-state index in [-0.39, 0.29) is 0 Å². The van der Waals surface area contributed by atoms with Crippen LogP contribution < -0.4 is 0 Å². The van der Waals surface area contributed by atoms with Crippen molar-refractivity contribution < 1.29 is 0 Å².